The molecule has 0 aromatic heterocycles. The Hall–Kier alpha value is -1.90. The average molecular weight is 258 g/mol. The molecule has 5 nitrogen and oxygen atoms in total. The Morgan fingerprint density at radius 3 is 2.63 bits per heavy atom. The number of rotatable bonds is 3. The summed E-state index contributed by atoms with van der Waals surface area (Å²) >= 11 is 0. The van der Waals surface area contributed by atoms with E-state index >= 15 is 0 Å². The van der Waals surface area contributed by atoms with Crippen LogP contribution in [0.3, 0.4) is 0 Å². The molecule has 1 atom stereocenters. The van der Waals surface area contributed by atoms with Crippen molar-refractivity contribution in [3.8, 4) is 6.07 Å². The van der Waals surface area contributed by atoms with E-state index in [1.165, 1.54) is 0 Å². The highest BCUT2D eigenvalue weighted by Gasteiger charge is 2.31. The minimum atomic E-state index is -0.145. The summed E-state index contributed by atoms with van der Waals surface area (Å²) in [5.74, 6) is 0.0874. The molecule has 0 bridgehead atoms. The smallest absolute Gasteiger partial charge is 0.244 e. The molecule has 1 aliphatic heterocycles. The van der Waals surface area contributed by atoms with E-state index in [1.54, 1.807) is 17.0 Å². The van der Waals surface area contributed by atoms with Gasteiger partial charge in [-0.1, -0.05) is 0 Å². The number of nitrogens with zero attached hydrogens (tertiary/aromatic N) is 3. The van der Waals surface area contributed by atoms with Crippen molar-refractivity contribution >= 4 is 11.6 Å². The van der Waals surface area contributed by atoms with Gasteiger partial charge in [-0.3, -0.25) is 9.69 Å². The van der Waals surface area contributed by atoms with Crippen molar-refractivity contribution in [2.24, 2.45) is 5.73 Å². The molecule has 0 aliphatic carbocycles. The van der Waals surface area contributed by atoms with Crippen molar-refractivity contribution in [3.05, 3.63) is 29.8 Å². The number of piperazine rings is 1. The van der Waals surface area contributed by atoms with Crippen molar-refractivity contribution in [2.45, 2.75) is 13.0 Å². The molecule has 5 heteroatoms. The molecule has 100 valence electrons. The molecule has 1 amide bonds. The standard InChI is InChI=1S/C14H18N4O/c1-11-14(19)18(9-8-17(11)7-6-15)13-4-2-12(10-16)3-5-13/h2-5,11H,6-9,15H2,1H3. The van der Waals surface area contributed by atoms with E-state index in [-0.39, 0.29) is 11.9 Å². The summed E-state index contributed by atoms with van der Waals surface area (Å²) in [4.78, 5) is 16.2. The third-order valence-electron chi connectivity index (χ3n) is 3.51. The van der Waals surface area contributed by atoms with E-state index in [0.29, 0.717) is 18.7 Å². The summed E-state index contributed by atoms with van der Waals surface area (Å²) in [6, 6.07) is 9.04. The molecule has 1 aromatic rings. The monoisotopic (exact) mass is 258 g/mol. The van der Waals surface area contributed by atoms with E-state index in [1.807, 2.05) is 19.1 Å². The van der Waals surface area contributed by atoms with Crippen LogP contribution in [-0.4, -0.2) is 43.0 Å². The lowest BCUT2D eigenvalue weighted by Gasteiger charge is -2.38. The van der Waals surface area contributed by atoms with E-state index in [4.69, 9.17) is 11.0 Å². The van der Waals surface area contributed by atoms with Crippen molar-refractivity contribution in [1.82, 2.24) is 4.90 Å². The summed E-state index contributed by atoms with van der Waals surface area (Å²) in [7, 11) is 0. The fraction of sp³-hybridized carbons (Fsp3) is 0.429. The van der Waals surface area contributed by atoms with Crippen LogP contribution < -0.4 is 10.6 Å². The first-order chi connectivity index (χ1) is 9.17. The topological polar surface area (TPSA) is 73.4 Å². The summed E-state index contributed by atoms with van der Waals surface area (Å²) in [6.07, 6.45) is 0. The van der Waals surface area contributed by atoms with Gasteiger partial charge in [0.1, 0.15) is 0 Å². The van der Waals surface area contributed by atoms with Crippen LogP contribution in [0.4, 0.5) is 5.69 Å². The normalized spacial score (nSPS) is 20.4. The first-order valence-electron chi connectivity index (χ1n) is 6.43. The first-order valence-corrected chi connectivity index (χ1v) is 6.43. The molecule has 0 radical (unpaired) electrons. The third-order valence-corrected chi connectivity index (χ3v) is 3.51. The third kappa shape index (κ3) is 2.75. The number of hydrogen-bond donors (Lipinski definition) is 1. The molecular weight excluding hydrogens is 240 g/mol. The number of benzene rings is 1. The van der Waals surface area contributed by atoms with E-state index in [9.17, 15) is 4.79 Å². The van der Waals surface area contributed by atoms with Gasteiger partial charge >= 0.3 is 0 Å². The molecule has 1 heterocycles. The molecule has 19 heavy (non-hydrogen) atoms. The van der Waals surface area contributed by atoms with E-state index in [0.717, 1.165) is 18.8 Å². The molecule has 0 saturated carbocycles. The van der Waals surface area contributed by atoms with Gasteiger partial charge in [-0.25, -0.2) is 0 Å². The maximum Gasteiger partial charge on any atom is 0.244 e. The van der Waals surface area contributed by atoms with E-state index < -0.39 is 0 Å². The maximum atomic E-state index is 12.3. The number of carbonyl (C=O) groups excluding carboxylic acids is 1. The molecule has 0 spiro atoms. The highest BCUT2D eigenvalue weighted by atomic mass is 16.2. The number of amides is 1. The minimum Gasteiger partial charge on any atom is -0.329 e. The zero-order valence-electron chi connectivity index (χ0n) is 11.0. The Morgan fingerprint density at radius 2 is 2.05 bits per heavy atom. The second kappa shape index (κ2) is 5.83. The quantitative estimate of drug-likeness (QED) is 0.859. The fourth-order valence-electron chi connectivity index (χ4n) is 2.36. The second-order valence-electron chi connectivity index (χ2n) is 4.65. The van der Waals surface area contributed by atoms with Crippen LogP contribution in [-0.2, 0) is 4.79 Å². The van der Waals surface area contributed by atoms with Crippen molar-refractivity contribution in [3.63, 3.8) is 0 Å². The molecule has 2 N–H and O–H groups in total. The van der Waals surface area contributed by atoms with Gasteiger partial charge in [-0.15, -0.1) is 0 Å². The van der Waals surface area contributed by atoms with Crippen LogP contribution in [0.1, 0.15) is 12.5 Å². The van der Waals surface area contributed by atoms with Gasteiger partial charge < -0.3 is 10.6 Å². The van der Waals surface area contributed by atoms with Gasteiger partial charge in [0.15, 0.2) is 0 Å². The SMILES string of the molecule is CC1C(=O)N(c2ccc(C#N)cc2)CCN1CCN. The van der Waals surface area contributed by atoms with Crippen molar-refractivity contribution in [1.29, 1.82) is 5.26 Å². The van der Waals surface area contributed by atoms with Gasteiger partial charge in [-0.2, -0.15) is 5.26 Å². The predicted molar refractivity (Wildman–Crippen MR) is 73.6 cm³/mol. The maximum absolute atomic E-state index is 12.3. The van der Waals surface area contributed by atoms with Gasteiger partial charge in [0, 0.05) is 31.9 Å². The van der Waals surface area contributed by atoms with Gasteiger partial charge in [0.05, 0.1) is 17.7 Å². The van der Waals surface area contributed by atoms with Crippen LogP contribution in [0.25, 0.3) is 0 Å². The average Bonchev–Trinajstić information content (AvgIpc) is 2.45. The van der Waals surface area contributed by atoms with Crippen LogP contribution in [0.15, 0.2) is 24.3 Å². The van der Waals surface area contributed by atoms with Crippen molar-refractivity contribution in [2.75, 3.05) is 31.1 Å². The summed E-state index contributed by atoms with van der Waals surface area (Å²) < 4.78 is 0. The molecular formula is C14H18N4O. The highest BCUT2D eigenvalue weighted by molar-refractivity contribution is 5.97. The molecule has 2 rings (SSSR count). The largest absolute Gasteiger partial charge is 0.329 e. The van der Waals surface area contributed by atoms with Gasteiger partial charge in [0.2, 0.25) is 5.91 Å². The van der Waals surface area contributed by atoms with Crippen molar-refractivity contribution < 1.29 is 4.79 Å². The Labute approximate surface area is 113 Å². The molecule has 1 saturated heterocycles. The van der Waals surface area contributed by atoms with Crippen LogP contribution in [0.2, 0.25) is 0 Å². The van der Waals surface area contributed by atoms with Gasteiger partial charge in [-0.05, 0) is 31.2 Å². The van der Waals surface area contributed by atoms with Gasteiger partial charge in [0.25, 0.3) is 0 Å². The number of nitriles is 1. The predicted octanol–water partition coefficient (Wildman–Crippen LogP) is 0.554. The lowest BCUT2D eigenvalue weighted by Crippen LogP contribution is -2.56. The highest BCUT2D eigenvalue weighted by Crippen LogP contribution is 2.20. The molecule has 1 aromatic carbocycles. The van der Waals surface area contributed by atoms with Crippen LogP contribution in [0.5, 0.6) is 0 Å². The summed E-state index contributed by atoms with van der Waals surface area (Å²) in [6.45, 7) is 4.70. The fourth-order valence-corrected chi connectivity index (χ4v) is 2.36. The number of hydrogen-bond acceptors (Lipinski definition) is 4. The number of nitrogens with two attached hydrogens (primary N) is 1. The Balaban J connectivity index is 2.14. The Morgan fingerprint density at radius 1 is 1.37 bits per heavy atom. The Kier molecular flexibility index (Phi) is 4.15. The van der Waals surface area contributed by atoms with E-state index in [2.05, 4.69) is 11.0 Å². The second-order valence-corrected chi connectivity index (χ2v) is 4.65. The lowest BCUT2D eigenvalue weighted by atomic mass is 10.1. The number of carbonyl (C=O) groups is 1. The molecule has 1 unspecified atom stereocenters. The van der Waals surface area contributed by atoms with Crippen LogP contribution in [0, 0.1) is 11.3 Å². The molecule has 1 aliphatic rings. The summed E-state index contributed by atoms with van der Waals surface area (Å²) in [5.41, 5.74) is 7.00. The lowest BCUT2D eigenvalue weighted by molar-refractivity contribution is -0.125. The summed E-state index contributed by atoms with van der Waals surface area (Å²) in [5, 5.41) is 8.78. The molecule has 1 fully saturated rings. The van der Waals surface area contributed by atoms with Crippen LogP contribution >= 0.6 is 0 Å². The first kappa shape index (κ1) is 13.5. The zero-order valence-corrected chi connectivity index (χ0v) is 11.0. The Bertz CT molecular complexity index is 491. The number of anilines is 1. The zero-order chi connectivity index (χ0) is 13.8. The minimum absolute atomic E-state index is 0.0874.